The number of furan rings is 2. The zero-order valence-corrected chi connectivity index (χ0v) is 40.8. The maximum atomic E-state index is 13.7. The van der Waals surface area contributed by atoms with Crippen LogP contribution in [0.25, 0.3) is 44.8 Å². The van der Waals surface area contributed by atoms with Crippen LogP contribution < -0.4 is 22.5 Å². The Bertz CT molecular complexity index is 3050. The molecule has 0 radical (unpaired) electrons. The zero-order valence-electron chi connectivity index (χ0n) is 37.8. The standard InChI is InChI=1S/C27H28Cl2N2O3.C25H24Cl2N2O5/c1-3-5-14-30-25(32)23-22(16-18-10-12-20(28)13-11-18)24(19-8-7-9-21(29)17-19)34-26(23)31(27(30)33)15-6-4-2;26-18-8-6-16(7-9-18)14-20-21-23(32)28(10-2-12-30)25(33)29(11-3-13-31)24(21)34-22(20)17-4-1-5-19(27)15-17/h7-13,17H,3-6,14-16H2,1-2H3;1,4-9,15,30-31H,2-3,10-14H2. The number of fused-ring (bicyclic) bond motifs is 2. The molecule has 68 heavy (non-hydrogen) atoms. The highest BCUT2D eigenvalue weighted by molar-refractivity contribution is 6.31. The van der Waals surface area contributed by atoms with Gasteiger partial charge in [-0.15, -0.1) is 0 Å². The molecule has 4 aromatic heterocycles. The third-order valence-electron chi connectivity index (χ3n) is 11.6. The van der Waals surface area contributed by atoms with Gasteiger partial charge < -0.3 is 19.0 Å². The van der Waals surface area contributed by atoms with Crippen LogP contribution in [0.15, 0.2) is 125 Å². The van der Waals surface area contributed by atoms with Crippen molar-refractivity contribution in [2.45, 2.75) is 91.4 Å². The highest BCUT2D eigenvalue weighted by Crippen LogP contribution is 2.36. The minimum Gasteiger partial charge on any atom is -0.439 e. The SMILES string of the molecule is CCCCn1c(=O)c2c(Cc3ccc(Cl)cc3)c(-c3cccc(Cl)c3)oc2n(CCCC)c1=O.O=c1c2c(Cc3ccc(Cl)cc3)c(-c3cccc(Cl)c3)oc2n(CCCO)c(=O)n1CCCO. The maximum absolute atomic E-state index is 13.7. The summed E-state index contributed by atoms with van der Waals surface area (Å²) in [5, 5.41) is 21.7. The molecule has 0 spiro atoms. The van der Waals surface area contributed by atoms with Crippen LogP contribution in [-0.2, 0) is 39.0 Å². The Balaban J connectivity index is 0.000000201. The van der Waals surface area contributed by atoms with Crippen LogP contribution >= 0.6 is 46.4 Å². The molecule has 0 unspecified atom stereocenters. The van der Waals surface area contributed by atoms with Crippen LogP contribution in [0.1, 0.15) is 74.6 Å². The molecule has 0 aliphatic rings. The largest absolute Gasteiger partial charge is 0.439 e. The van der Waals surface area contributed by atoms with E-state index in [0.717, 1.165) is 52.5 Å². The van der Waals surface area contributed by atoms with Gasteiger partial charge in [0.1, 0.15) is 22.3 Å². The molecule has 4 heterocycles. The summed E-state index contributed by atoms with van der Waals surface area (Å²) in [6.07, 6.45) is 4.75. The predicted molar refractivity (Wildman–Crippen MR) is 272 cm³/mol. The van der Waals surface area contributed by atoms with Crippen LogP contribution in [0, 0.1) is 0 Å². The molecule has 0 saturated heterocycles. The topological polar surface area (TPSA) is 155 Å². The van der Waals surface area contributed by atoms with E-state index in [0.29, 0.717) is 91.6 Å². The highest BCUT2D eigenvalue weighted by atomic mass is 35.5. The fourth-order valence-corrected chi connectivity index (χ4v) is 8.82. The number of aliphatic hydroxyl groups excluding tert-OH is 2. The van der Waals surface area contributed by atoms with E-state index in [9.17, 15) is 29.4 Å². The average molecular weight is 1000 g/mol. The summed E-state index contributed by atoms with van der Waals surface area (Å²) in [5.74, 6) is 1.00. The summed E-state index contributed by atoms with van der Waals surface area (Å²) in [6.45, 7) is 4.95. The first-order valence-corrected chi connectivity index (χ1v) is 24.2. The number of unbranched alkanes of at least 4 members (excludes halogenated alkanes) is 2. The van der Waals surface area contributed by atoms with Crippen molar-refractivity contribution in [2.75, 3.05) is 13.2 Å². The number of halogens is 4. The Morgan fingerprint density at radius 1 is 0.471 bits per heavy atom. The molecule has 0 fully saturated rings. The maximum Gasteiger partial charge on any atom is 0.333 e. The molecular weight excluding hydrogens is 950 g/mol. The van der Waals surface area contributed by atoms with E-state index >= 15 is 0 Å². The summed E-state index contributed by atoms with van der Waals surface area (Å²) < 4.78 is 18.1. The van der Waals surface area contributed by atoms with Crippen LogP contribution in [-0.4, -0.2) is 41.7 Å². The zero-order chi connectivity index (χ0) is 48.5. The first-order chi connectivity index (χ1) is 32.9. The number of nitrogens with zero attached hydrogens (tertiary/aromatic N) is 4. The fourth-order valence-electron chi connectivity index (χ4n) is 8.19. The van der Waals surface area contributed by atoms with Gasteiger partial charge in [-0.1, -0.05) is 122 Å². The Hall–Kier alpha value is -5.60. The van der Waals surface area contributed by atoms with Crippen LogP contribution in [0.2, 0.25) is 20.1 Å². The number of hydrogen-bond acceptors (Lipinski definition) is 8. The summed E-state index contributed by atoms with van der Waals surface area (Å²) >= 11 is 24.7. The molecule has 8 rings (SSSR count). The van der Waals surface area contributed by atoms with Crippen LogP contribution in [0.4, 0.5) is 0 Å². The molecule has 2 N–H and O–H groups in total. The van der Waals surface area contributed by atoms with Gasteiger partial charge in [0.05, 0.1) is 0 Å². The number of aryl methyl sites for hydroxylation is 2. The molecule has 0 atom stereocenters. The summed E-state index contributed by atoms with van der Waals surface area (Å²) in [5.41, 5.74) is 3.56. The van der Waals surface area contributed by atoms with E-state index in [4.69, 9.17) is 55.2 Å². The van der Waals surface area contributed by atoms with Gasteiger partial charge in [-0.2, -0.15) is 0 Å². The van der Waals surface area contributed by atoms with Crippen molar-refractivity contribution < 1.29 is 19.0 Å². The minimum absolute atomic E-state index is 0.0707. The van der Waals surface area contributed by atoms with E-state index in [2.05, 4.69) is 6.92 Å². The molecule has 0 amide bonds. The van der Waals surface area contributed by atoms with Crippen molar-refractivity contribution >= 4 is 68.6 Å². The van der Waals surface area contributed by atoms with Gasteiger partial charge in [0.15, 0.2) is 0 Å². The molecule has 0 aliphatic carbocycles. The first-order valence-electron chi connectivity index (χ1n) is 22.7. The quantitative estimate of drug-likeness (QED) is 0.0861. The van der Waals surface area contributed by atoms with E-state index in [1.165, 1.54) is 9.13 Å². The molecule has 4 aromatic carbocycles. The van der Waals surface area contributed by atoms with Gasteiger partial charge in [-0.05, 0) is 85.3 Å². The van der Waals surface area contributed by atoms with Crippen molar-refractivity contribution in [3.63, 3.8) is 0 Å². The van der Waals surface area contributed by atoms with Gasteiger partial charge in [0, 0.05) is 94.6 Å². The number of rotatable bonds is 18. The van der Waals surface area contributed by atoms with E-state index in [1.807, 2.05) is 67.6 Å². The molecule has 0 aliphatic heterocycles. The van der Waals surface area contributed by atoms with Gasteiger partial charge >= 0.3 is 11.4 Å². The third kappa shape index (κ3) is 11.1. The normalized spacial score (nSPS) is 11.4. The second-order valence-corrected chi connectivity index (χ2v) is 18.2. The van der Waals surface area contributed by atoms with Crippen molar-refractivity contribution in [1.29, 1.82) is 0 Å². The number of aliphatic hydroxyl groups is 2. The molecule has 12 nitrogen and oxygen atoms in total. The minimum atomic E-state index is -0.538. The Kier molecular flexibility index (Phi) is 17.1. The summed E-state index contributed by atoms with van der Waals surface area (Å²) in [4.78, 5) is 53.8. The second kappa shape index (κ2) is 23.1. The number of benzene rings is 4. The fraction of sp³-hybridized carbons (Fsp3) is 0.308. The first kappa shape index (κ1) is 50.3. The second-order valence-electron chi connectivity index (χ2n) is 16.5. The lowest BCUT2D eigenvalue weighted by Gasteiger charge is -2.11. The molecule has 8 aromatic rings. The van der Waals surface area contributed by atoms with Gasteiger partial charge in [-0.3, -0.25) is 27.9 Å². The van der Waals surface area contributed by atoms with Gasteiger partial charge in [-0.25, -0.2) is 9.59 Å². The lowest BCUT2D eigenvalue weighted by Crippen LogP contribution is -2.40. The van der Waals surface area contributed by atoms with Crippen molar-refractivity contribution in [2.24, 2.45) is 0 Å². The van der Waals surface area contributed by atoms with Crippen LogP contribution in [0.3, 0.4) is 0 Å². The highest BCUT2D eigenvalue weighted by Gasteiger charge is 2.27. The number of hydrogen-bond donors (Lipinski definition) is 2. The molecule has 0 saturated carbocycles. The molecular formula is C52H52Cl4N4O8. The van der Waals surface area contributed by atoms with Crippen molar-refractivity contribution in [3.05, 3.63) is 181 Å². The molecule has 356 valence electrons. The third-order valence-corrected chi connectivity index (χ3v) is 12.6. The molecule has 0 bridgehead atoms. The Morgan fingerprint density at radius 2 is 0.838 bits per heavy atom. The van der Waals surface area contributed by atoms with Crippen molar-refractivity contribution in [1.82, 2.24) is 18.3 Å². The Morgan fingerprint density at radius 3 is 1.21 bits per heavy atom. The lowest BCUT2D eigenvalue weighted by atomic mass is 9.99. The summed E-state index contributed by atoms with van der Waals surface area (Å²) in [6, 6.07) is 29.3. The summed E-state index contributed by atoms with van der Waals surface area (Å²) in [7, 11) is 0. The lowest BCUT2D eigenvalue weighted by molar-refractivity contribution is 0.273. The Labute approximate surface area is 412 Å². The van der Waals surface area contributed by atoms with E-state index < -0.39 is 11.2 Å². The predicted octanol–water partition coefficient (Wildman–Crippen LogP) is 11.0. The van der Waals surface area contributed by atoms with Crippen LogP contribution in [0.5, 0.6) is 0 Å². The smallest absolute Gasteiger partial charge is 0.333 e. The number of aromatic nitrogens is 4. The monoisotopic (exact) mass is 1000 g/mol. The van der Waals surface area contributed by atoms with Crippen molar-refractivity contribution in [3.8, 4) is 22.6 Å². The van der Waals surface area contributed by atoms with Gasteiger partial charge in [0.25, 0.3) is 11.1 Å². The molecule has 16 heteroatoms. The van der Waals surface area contributed by atoms with E-state index in [-0.39, 0.29) is 49.7 Å². The average Bonchev–Trinajstić information content (AvgIpc) is 3.89. The van der Waals surface area contributed by atoms with Gasteiger partial charge in [0.2, 0.25) is 11.4 Å². The van der Waals surface area contributed by atoms with E-state index in [1.54, 1.807) is 41.0 Å².